The van der Waals surface area contributed by atoms with Crippen molar-refractivity contribution in [2.24, 2.45) is 0 Å². The average Bonchev–Trinajstić information content (AvgIpc) is 3.32. The summed E-state index contributed by atoms with van der Waals surface area (Å²) in [7, 11) is 1.93. The number of carbonyl (C=O) groups is 1. The van der Waals surface area contributed by atoms with Gasteiger partial charge < -0.3 is 19.4 Å². The largest absolute Gasteiger partial charge is 0.496 e. The van der Waals surface area contributed by atoms with Gasteiger partial charge in [0.2, 0.25) is 10.0 Å². The molecular formula is C23H28N3O5S+. The zero-order valence-corrected chi connectivity index (χ0v) is 19.1. The number of quaternary nitrogens is 1. The van der Waals surface area contributed by atoms with Crippen LogP contribution in [0, 0.1) is 0 Å². The van der Waals surface area contributed by atoms with E-state index in [4.69, 9.17) is 9.15 Å². The Bertz CT molecular complexity index is 1130. The molecule has 1 amide bonds. The van der Waals surface area contributed by atoms with Crippen molar-refractivity contribution >= 4 is 15.9 Å². The van der Waals surface area contributed by atoms with Crippen LogP contribution in [0.2, 0.25) is 0 Å². The van der Waals surface area contributed by atoms with Crippen LogP contribution in [0.25, 0.3) is 0 Å². The van der Waals surface area contributed by atoms with Crippen LogP contribution >= 0.6 is 0 Å². The average molecular weight is 459 g/mol. The Morgan fingerprint density at radius 2 is 1.78 bits per heavy atom. The molecule has 0 radical (unpaired) electrons. The number of sulfonamides is 1. The third kappa shape index (κ3) is 5.76. The smallest absolute Gasteiger partial charge is 0.251 e. The number of hydrogen-bond acceptors (Lipinski definition) is 5. The molecule has 1 aromatic heterocycles. The summed E-state index contributed by atoms with van der Waals surface area (Å²) < 4.78 is 38.0. The number of ether oxygens (including phenoxy) is 1. The zero-order valence-electron chi connectivity index (χ0n) is 18.3. The van der Waals surface area contributed by atoms with Gasteiger partial charge in [-0.2, -0.15) is 0 Å². The standard InChI is InChI=1S/C23H27N3O5S/c1-26(2)21(20-8-4-5-9-22(20)30-3)16-24-23(27)17-10-12-19(13-11-17)32(28,29)25-15-18-7-6-14-31-18/h4-14,21,25H,15-16H2,1-3H3,(H,24,27)/p+1/t21-/m1/s1. The molecule has 0 aliphatic carbocycles. The van der Waals surface area contributed by atoms with Crippen LogP contribution in [0.4, 0.5) is 0 Å². The summed E-state index contributed by atoms with van der Waals surface area (Å²) in [4.78, 5) is 13.9. The molecule has 8 nitrogen and oxygen atoms in total. The van der Waals surface area contributed by atoms with Gasteiger partial charge >= 0.3 is 0 Å². The van der Waals surface area contributed by atoms with Crippen LogP contribution in [0.15, 0.2) is 76.2 Å². The van der Waals surface area contributed by atoms with E-state index in [1.807, 2.05) is 38.4 Å². The van der Waals surface area contributed by atoms with Crippen molar-refractivity contribution in [3.63, 3.8) is 0 Å². The molecule has 1 heterocycles. The van der Waals surface area contributed by atoms with Crippen LogP contribution in [0.1, 0.15) is 27.7 Å². The Labute approximate surface area is 188 Å². The van der Waals surface area contributed by atoms with Crippen LogP contribution in [0.5, 0.6) is 5.75 Å². The molecule has 1 atom stereocenters. The van der Waals surface area contributed by atoms with Gasteiger partial charge in [0.25, 0.3) is 5.91 Å². The van der Waals surface area contributed by atoms with Gasteiger partial charge in [0.15, 0.2) is 0 Å². The molecule has 2 aromatic carbocycles. The lowest BCUT2D eigenvalue weighted by atomic mass is 10.0. The van der Waals surface area contributed by atoms with Gasteiger partial charge in [-0.25, -0.2) is 13.1 Å². The Kier molecular flexibility index (Phi) is 7.68. The minimum Gasteiger partial charge on any atom is -0.496 e. The van der Waals surface area contributed by atoms with Gasteiger partial charge in [-0.3, -0.25) is 4.79 Å². The van der Waals surface area contributed by atoms with Crippen molar-refractivity contribution in [1.29, 1.82) is 0 Å². The molecule has 0 spiro atoms. The Hall–Kier alpha value is -3.14. The van der Waals surface area contributed by atoms with Gasteiger partial charge in [-0.1, -0.05) is 12.1 Å². The minimum atomic E-state index is -3.72. The van der Waals surface area contributed by atoms with E-state index in [0.29, 0.717) is 17.9 Å². The van der Waals surface area contributed by atoms with E-state index in [2.05, 4.69) is 10.0 Å². The molecule has 170 valence electrons. The second-order valence-corrected chi connectivity index (χ2v) is 9.28. The van der Waals surface area contributed by atoms with E-state index < -0.39 is 10.0 Å². The summed E-state index contributed by atoms with van der Waals surface area (Å²) in [5, 5.41) is 2.94. The van der Waals surface area contributed by atoms with Gasteiger partial charge in [0, 0.05) is 5.56 Å². The van der Waals surface area contributed by atoms with E-state index in [0.717, 1.165) is 16.2 Å². The van der Waals surface area contributed by atoms with Gasteiger partial charge in [0.05, 0.1) is 51.0 Å². The predicted molar refractivity (Wildman–Crippen MR) is 120 cm³/mol. The fourth-order valence-corrected chi connectivity index (χ4v) is 4.32. The number of hydrogen-bond donors (Lipinski definition) is 3. The molecule has 0 unspecified atom stereocenters. The number of amides is 1. The van der Waals surface area contributed by atoms with E-state index in [-0.39, 0.29) is 23.4 Å². The summed E-state index contributed by atoms with van der Waals surface area (Å²) in [6.07, 6.45) is 1.48. The number of methoxy groups -OCH3 is 1. The molecule has 0 fully saturated rings. The number of para-hydroxylation sites is 1. The molecule has 3 rings (SSSR count). The molecular weight excluding hydrogens is 430 g/mol. The second-order valence-electron chi connectivity index (χ2n) is 7.51. The molecule has 0 aliphatic heterocycles. The zero-order chi connectivity index (χ0) is 23.1. The molecule has 0 aliphatic rings. The Morgan fingerprint density at radius 1 is 1.06 bits per heavy atom. The molecule has 3 aromatic rings. The Balaban J connectivity index is 1.65. The lowest BCUT2D eigenvalue weighted by Crippen LogP contribution is -3.07. The maximum absolute atomic E-state index is 12.7. The minimum absolute atomic E-state index is 0.0134. The van der Waals surface area contributed by atoms with Crippen molar-refractivity contribution in [2.75, 3.05) is 27.7 Å². The maximum atomic E-state index is 12.7. The molecule has 0 saturated heterocycles. The fourth-order valence-electron chi connectivity index (χ4n) is 3.32. The van der Waals surface area contributed by atoms with E-state index in [9.17, 15) is 13.2 Å². The van der Waals surface area contributed by atoms with Gasteiger partial charge in [-0.15, -0.1) is 0 Å². The second kappa shape index (κ2) is 10.4. The predicted octanol–water partition coefficient (Wildman–Crippen LogP) is 1.38. The third-order valence-corrected chi connectivity index (χ3v) is 6.54. The van der Waals surface area contributed by atoms with Crippen molar-refractivity contribution in [1.82, 2.24) is 10.0 Å². The van der Waals surface area contributed by atoms with Crippen molar-refractivity contribution in [2.45, 2.75) is 17.5 Å². The van der Waals surface area contributed by atoms with Crippen molar-refractivity contribution in [3.05, 3.63) is 83.8 Å². The normalized spacial score (nSPS) is 12.5. The monoisotopic (exact) mass is 458 g/mol. The highest BCUT2D eigenvalue weighted by atomic mass is 32.2. The molecule has 3 N–H and O–H groups in total. The first kappa shape index (κ1) is 23.5. The van der Waals surface area contributed by atoms with Crippen LogP contribution in [-0.2, 0) is 16.6 Å². The van der Waals surface area contributed by atoms with E-state index in [1.165, 1.54) is 30.5 Å². The van der Waals surface area contributed by atoms with Gasteiger partial charge in [0.1, 0.15) is 17.6 Å². The summed E-state index contributed by atoms with van der Waals surface area (Å²) >= 11 is 0. The highest BCUT2D eigenvalue weighted by molar-refractivity contribution is 7.89. The lowest BCUT2D eigenvalue weighted by Gasteiger charge is -2.23. The topological polar surface area (TPSA) is 102 Å². The number of rotatable bonds is 10. The SMILES string of the molecule is COc1ccccc1[C@@H](CNC(=O)c1ccc(S(=O)(=O)NCc2ccco2)cc1)[NH+](C)C. The summed E-state index contributed by atoms with van der Waals surface area (Å²) in [5.41, 5.74) is 1.38. The van der Waals surface area contributed by atoms with E-state index >= 15 is 0 Å². The maximum Gasteiger partial charge on any atom is 0.251 e. The number of carbonyl (C=O) groups excluding carboxylic acids is 1. The molecule has 0 saturated carbocycles. The highest BCUT2D eigenvalue weighted by Gasteiger charge is 2.23. The van der Waals surface area contributed by atoms with Gasteiger partial charge in [-0.05, 0) is 48.5 Å². The number of nitrogens with one attached hydrogen (secondary N) is 3. The first-order valence-electron chi connectivity index (χ1n) is 10.1. The summed E-state index contributed by atoms with van der Waals surface area (Å²) in [6.45, 7) is 0.446. The molecule has 9 heteroatoms. The summed E-state index contributed by atoms with van der Waals surface area (Å²) in [6, 6.07) is 16.9. The van der Waals surface area contributed by atoms with Crippen LogP contribution in [0.3, 0.4) is 0 Å². The quantitative estimate of drug-likeness (QED) is 0.426. The van der Waals surface area contributed by atoms with E-state index in [1.54, 1.807) is 19.2 Å². The van der Waals surface area contributed by atoms with Crippen molar-refractivity contribution < 1.29 is 27.3 Å². The van der Waals surface area contributed by atoms with Crippen LogP contribution < -0.4 is 19.7 Å². The first-order valence-corrected chi connectivity index (χ1v) is 11.6. The number of benzene rings is 2. The molecule has 0 bridgehead atoms. The third-order valence-electron chi connectivity index (χ3n) is 5.12. The highest BCUT2D eigenvalue weighted by Crippen LogP contribution is 2.22. The van der Waals surface area contributed by atoms with Crippen LogP contribution in [-0.4, -0.2) is 42.1 Å². The van der Waals surface area contributed by atoms with Crippen molar-refractivity contribution in [3.8, 4) is 5.75 Å². The lowest BCUT2D eigenvalue weighted by molar-refractivity contribution is -0.890. The number of likely N-dealkylation sites (N-methyl/N-ethyl adjacent to an activating group) is 1. The first-order chi connectivity index (χ1) is 15.3. The summed E-state index contributed by atoms with van der Waals surface area (Å²) in [5.74, 6) is 1.00. The fraction of sp³-hybridized carbons (Fsp3) is 0.261. The molecule has 32 heavy (non-hydrogen) atoms. The number of furan rings is 1. The Morgan fingerprint density at radius 3 is 2.41 bits per heavy atom.